The van der Waals surface area contributed by atoms with Gasteiger partial charge in [-0.15, -0.1) is 5.92 Å². The van der Waals surface area contributed by atoms with Gasteiger partial charge >= 0.3 is 0 Å². The van der Waals surface area contributed by atoms with Crippen molar-refractivity contribution in [2.45, 2.75) is 133 Å². The van der Waals surface area contributed by atoms with Crippen LogP contribution in [0.5, 0.6) is 0 Å². The number of fused-ring (bicyclic) bond motifs is 1. The summed E-state index contributed by atoms with van der Waals surface area (Å²) in [4.78, 5) is 11.8. The molecule has 193 valence electrons. The molecule has 4 nitrogen and oxygen atoms in total. The Morgan fingerprint density at radius 1 is 0.970 bits per heavy atom. The van der Waals surface area contributed by atoms with Gasteiger partial charge in [0.2, 0.25) is 0 Å². The zero-order chi connectivity index (χ0) is 25.4. The summed E-state index contributed by atoms with van der Waals surface area (Å²) in [7, 11) is 3.81. The summed E-state index contributed by atoms with van der Waals surface area (Å²) in [6.45, 7) is 24.6. The molecule has 1 aliphatic rings. The smallest absolute Gasteiger partial charge is 0.111 e. The van der Waals surface area contributed by atoms with E-state index < -0.39 is 0 Å². The topological polar surface area (TPSA) is 47.8 Å². The van der Waals surface area contributed by atoms with Crippen molar-refractivity contribution in [3.8, 4) is 0 Å². The van der Waals surface area contributed by atoms with E-state index in [-0.39, 0.29) is 55.2 Å². The molecule has 0 N–H and O–H groups in total. The molecule has 33 heavy (non-hydrogen) atoms. The van der Waals surface area contributed by atoms with Crippen LogP contribution in [0.15, 0.2) is 0 Å². The number of Topliss-reactive ketones (excluding diaryl/α,β-unsaturated/α-hetero) is 1. The number of aromatic nitrogens is 3. The Labute approximate surface area is 232 Å². The third-order valence-corrected chi connectivity index (χ3v) is 5.17. The molecule has 0 fully saturated rings. The monoisotopic (exact) mass is 538 g/mol. The largest absolute Gasteiger partial charge is 0.385 e. The van der Waals surface area contributed by atoms with Crippen LogP contribution >= 0.6 is 0 Å². The molecule has 1 radical (unpaired) electrons. The van der Waals surface area contributed by atoms with E-state index in [4.69, 9.17) is 0 Å². The first-order chi connectivity index (χ1) is 14.8. The molecular formula is C28H55N3OY-2. The summed E-state index contributed by atoms with van der Waals surface area (Å²) in [5.41, 5.74) is 2.35. The van der Waals surface area contributed by atoms with Gasteiger partial charge < -0.3 is 16.4 Å². The minimum absolute atomic E-state index is 0. The quantitative estimate of drug-likeness (QED) is 0.362. The Kier molecular flexibility index (Phi) is 22.7. The molecule has 0 saturated carbocycles. The van der Waals surface area contributed by atoms with E-state index in [9.17, 15) is 4.79 Å². The molecule has 1 aromatic rings. The molecule has 0 bridgehead atoms. The van der Waals surface area contributed by atoms with E-state index >= 15 is 0 Å². The second-order valence-electron chi connectivity index (χ2n) is 10.8. The maximum atomic E-state index is 11.8. The number of hydrogen-bond acceptors (Lipinski definition) is 3. The average molecular weight is 539 g/mol. The van der Waals surface area contributed by atoms with Crippen LogP contribution < -0.4 is 0 Å². The van der Waals surface area contributed by atoms with E-state index in [1.54, 1.807) is 4.68 Å². The van der Waals surface area contributed by atoms with Crippen molar-refractivity contribution in [1.29, 1.82) is 0 Å². The van der Waals surface area contributed by atoms with Gasteiger partial charge in [0.1, 0.15) is 5.78 Å². The van der Waals surface area contributed by atoms with Gasteiger partial charge in [-0.1, -0.05) is 132 Å². The molecule has 1 aromatic heterocycles. The van der Waals surface area contributed by atoms with Crippen LogP contribution in [0.2, 0.25) is 0 Å². The van der Waals surface area contributed by atoms with E-state index in [1.807, 2.05) is 34.6 Å². The summed E-state index contributed by atoms with van der Waals surface area (Å²) in [5, 5.41) is 8.05. The van der Waals surface area contributed by atoms with Gasteiger partial charge in [-0.25, -0.2) is 0 Å². The number of ketones is 1. The molecule has 0 saturated heterocycles. The maximum Gasteiger partial charge on any atom is 0.111 e. The van der Waals surface area contributed by atoms with Crippen LogP contribution in [0.25, 0.3) is 0 Å². The van der Waals surface area contributed by atoms with Crippen LogP contribution in [0.3, 0.4) is 0 Å². The third-order valence-electron chi connectivity index (χ3n) is 5.17. The first kappa shape index (κ1) is 37.3. The Balaban J connectivity index is -0.000000418. The first-order valence-electron chi connectivity index (χ1n) is 12.9. The molecule has 1 heterocycles. The van der Waals surface area contributed by atoms with Crippen molar-refractivity contribution in [3.05, 3.63) is 25.4 Å². The van der Waals surface area contributed by atoms with Gasteiger partial charge in [-0.3, -0.25) is 0 Å². The van der Waals surface area contributed by atoms with Gasteiger partial charge in [0.15, 0.2) is 0 Å². The normalized spacial score (nSPS) is 14.2. The van der Waals surface area contributed by atoms with Crippen molar-refractivity contribution in [2.24, 2.45) is 16.7 Å². The van der Waals surface area contributed by atoms with Crippen molar-refractivity contribution < 1.29 is 37.5 Å². The molecule has 0 aliphatic heterocycles. The molecular weight excluding hydrogens is 483 g/mol. The van der Waals surface area contributed by atoms with Crippen LogP contribution in [-0.4, -0.2) is 20.8 Å². The van der Waals surface area contributed by atoms with Crippen LogP contribution in [-0.2, 0) is 50.3 Å². The fourth-order valence-corrected chi connectivity index (χ4v) is 3.57. The molecule has 0 spiro atoms. The van der Waals surface area contributed by atoms with Crippen LogP contribution in [0.4, 0.5) is 0 Å². The van der Waals surface area contributed by atoms with Crippen molar-refractivity contribution in [1.82, 2.24) is 15.0 Å². The first-order valence-corrected chi connectivity index (χ1v) is 12.9. The fraction of sp³-hybridized carbons (Fsp3) is 0.821. The number of nitrogens with zero attached hydrogens (tertiary/aromatic N) is 3. The van der Waals surface area contributed by atoms with Crippen molar-refractivity contribution in [3.63, 3.8) is 0 Å². The van der Waals surface area contributed by atoms with Crippen LogP contribution in [0.1, 0.15) is 132 Å². The second kappa shape index (κ2) is 20.0. The van der Waals surface area contributed by atoms with Crippen molar-refractivity contribution in [2.75, 3.05) is 0 Å². The number of aryl methyl sites for hydroxylation is 1. The minimum Gasteiger partial charge on any atom is -0.385 e. The number of rotatable bonds is 4. The fourth-order valence-electron chi connectivity index (χ4n) is 3.57. The molecule has 1 atom stereocenters. The van der Waals surface area contributed by atoms with Gasteiger partial charge in [-0.05, 0) is 18.3 Å². The third kappa shape index (κ3) is 18.7. The summed E-state index contributed by atoms with van der Waals surface area (Å²) in [6.07, 6.45) is 12.3. The Morgan fingerprint density at radius 3 is 1.85 bits per heavy atom. The number of carbonyl (C=O) groups excluding carboxylic acids is 1. The molecule has 2 rings (SSSR count). The Hall–Kier alpha value is -0.216. The molecule has 5 heteroatoms. The summed E-state index contributed by atoms with van der Waals surface area (Å²) in [5.74, 6) is 0.197. The van der Waals surface area contributed by atoms with E-state index in [2.05, 4.69) is 58.9 Å². The van der Waals surface area contributed by atoms with E-state index in [0.29, 0.717) is 0 Å². The average Bonchev–Trinajstić information content (AvgIpc) is 3.00. The van der Waals surface area contributed by atoms with Gasteiger partial charge in [0.05, 0.1) is 0 Å². The summed E-state index contributed by atoms with van der Waals surface area (Å²) < 4.78 is 1.68. The molecule has 0 amide bonds. The molecule has 1 unspecified atom stereocenters. The standard InChI is InChI=1S/C12H23O.C9H14N3.C5H12.C2H6.Y/c1-9(8-11(2,3)4)10(13)12(5,6)7;1-12-9-7-5-3-2-4-6-8(9)10-11-12;1-3-5-4-2;1-2;/h9H,1,8H2,2-7H3;1-7H2;3-5H2,1-2H3;1-2H3;/q2*-1;;;. The summed E-state index contributed by atoms with van der Waals surface area (Å²) in [6, 6.07) is 0. The van der Waals surface area contributed by atoms with E-state index in [1.165, 1.54) is 56.3 Å². The number of hydrogen-bond donors (Lipinski definition) is 0. The number of unbranched alkanes of at least 4 members (excludes halogenated alkanes) is 2. The zero-order valence-electron chi connectivity index (χ0n) is 23.9. The summed E-state index contributed by atoms with van der Waals surface area (Å²) >= 11 is 0. The second-order valence-corrected chi connectivity index (χ2v) is 10.8. The predicted octanol–water partition coefficient (Wildman–Crippen LogP) is 8.29. The van der Waals surface area contributed by atoms with Crippen LogP contribution in [0, 0.1) is 30.7 Å². The van der Waals surface area contributed by atoms with E-state index in [0.717, 1.165) is 19.3 Å². The predicted molar refractivity (Wildman–Crippen MR) is 141 cm³/mol. The van der Waals surface area contributed by atoms with Gasteiger partial charge in [0.25, 0.3) is 0 Å². The Morgan fingerprint density at radius 2 is 1.45 bits per heavy atom. The Bertz CT molecular complexity index is 595. The minimum atomic E-state index is -0.252. The maximum absolute atomic E-state index is 11.8. The molecule has 0 aromatic carbocycles. The molecule has 1 aliphatic carbocycles. The van der Waals surface area contributed by atoms with Gasteiger partial charge in [-0.2, -0.15) is 12.1 Å². The van der Waals surface area contributed by atoms with Gasteiger partial charge in [0, 0.05) is 43.8 Å². The SMILES string of the molecule is CC.CCCCC.[CH2-]C(CC(C)(C)C)C(=O)C(C)(C)C.[CH2-]n1nnc2c1CCCCCC2.[Y]. The zero-order valence-corrected chi connectivity index (χ0v) is 26.7. The van der Waals surface area contributed by atoms with Crippen molar-refractivity contribution >= 4 is 5.78 Å². The number of carbonyl (C=O) groups is 1.